The molecule has 0 saturated carbocycles. The van der Waals surface area contributed by atoms with E-state index in [2.05, 4.69) is 10.6 Å². The van der Waals surface area contributed by atoms with Gasteiger partial charge in [0.25, 0.3) is 11.8 Å². The normalized spacial score (nSPS) is 11.4. The molecule has 2 amide bonds. The largest absolute Gasteiger partial charge is 0.459 e. The molecule has 7 nitrogen and oxygen atoms in total. The van der Waals surface area contributed by atoms with Crippen LogP contribution in [0.2, 0.25) is 0 Å². The number of ether oxygens (including phenoxy) is 1. The van der Waals surface area contributed by atoms with E-state index in [1.165, 1.54) is 18.4 Å². The fourth-order valence-electron chi connectivity index (χ4n) is 3.03. The second-order valence-corrected chi connectivity index (χ2v) is 6.99. The van der Waals surface area contributed by atoms with E-state index < -0.39 is 24.4 Å². The van der Waals surface area contributed by atoms with E-state index in [0.29, 0.717) is 6.42 Å². The van der Waals surface area contributed by atoms with Crippen molar-refractivity contribution in [2.24, 2.45) is 0 Å². The predicted molar refractivity (Wildman–Crippen MR) is 116 cm³/mol. The van der Waals surface area contributed by atoms with E-state index in [1.807, 2.05) is 38.1 Å². The highest BCUT2D eigenvalue weighted by atomic mass is 16.5. The van der Waals surface area contributed by atoms with Crippen LogP contribution in [0, 0.1) is 6.92 Å². The summed E-state index contributed by atoms with van der Waals surface area (Å²) in [5.41, 5.74) is 2.52. The molecule has 0 unspecified atom stereocenters. The maximum atomic E-state index is 12.5. The molecule has 31 heavy (non-hydrogen) atoms. The van der Waals surface area contributed by atoms with Gasteiger partial charge in [0.15, 0.2) is 12.4 Å². The summed E-state index contributed by atoms with van der Waals surface area (Å²) in [6.07, 6.45) is 2.08. The van der Waals surface area contributed by atoms with Gasteiger partial charge >= 0.3 is 5.97 Å². The van der Waals surface area contributed by atoms with Crippen LogP contribution in [0.15, 0.2) is 71.3 Å². The lowest BCUT2D eigenvalue weighted by molar-refractivity contribution is -0.125. The number of nitrogens with one attached hydrogen (secondary N) is 2. The zero-order chi connectivity index (χ0) is 22.2. The van der Waals surface area contributed by atoms with Crippen LogP contribution in [0.25, 0.3) is 0 Å². The Hall–Kier alpha value is -3.87. The zero-order valence-corrected chi connectivity index (χ0v) is 17.4. The molecule has 0 aliphatic carbocycles. The molecule has 0 radical (unpaired) electrons. The van der Waals surface area contributed by atoms with Gasteiger partial charge in [-0.1, -0.05) is 48.9 Å². The second-order valence-electron chi connectivity index (χ2n) is 6.99. The van der Waals surface area contributed by atoms with E-state index in [1.54, 1.807) is 24.3 Å². The van der Waals surface area contributed by atoms with Crippen LogP contribution in [0.5, 0.6) is 0 Å². The van der Waals surface area contributed by atoms with Gasteiger partial charge in [0.1, 0.15) is 0 Å². The SMILES string of the molecule is CC[C@H](NC(=O)COC(=O)c1ccccc1NC(=O)c1ccco1)c1ccc(C)cc1. The van der Waals surface area contributed by atoms with Crippen molar-refractivity contribution >= 4 is 23.5 Å². The number of hydrogen-bond donors (Lipinski definition) is 2. The quantitative estimate of drug-likeness (QED) is 0.531. The van der Waals surface area contributed by atoms with Crippen LogP contribution < -0.4 is 10.6 Å². The number of amides is 2. The molecule has 0 aliphatic heterocycles. The predicted octanol–water partition coefficient (Wildman–Crippen LogP) is 4.26. The number of benzene rings is 2. The first-order chi connectivity index (χ1) is 15.0. The monoisotopic (exact) mass is 420 g/mol. The molecule has 1 atom stereocenters. The lowest BCUT2D eigenvalue weighted by Gasteiger charge is -2.18. The van der Waals surface area contributed by atoms with Crippen LogP contribution in [-0.4, -0.2) is 24.4 Å². The van der Waals surface area contributed by atoms with Crippen LogP contribution in [-0.2, 0) is 9.53 Å². The summed E-state index contributed by atoms with van der Waals surface area (Å²) < 4.78 is 10.2. The zero-order valence-electron chi connectivity index (χ0n) is 17.4. The Morgan fingerprint density at radius 1 is 1.00 bits per heavy atom. The van der Waals surface area contributed by atoms with Crippen molar-refractivity contribution < 1.29 is 23.5 Å². The average molecular weight is 420 g/mol. The van der Waals surface area contributed by atoms with Crippen LogP contribution in [0.4, 0.5) is 5.69 Å². The smallest absolute Gasteiger partial charge is 0.340 e. The minimum atomic E-state index is -0.714. The van der Waals surface area contributed by atoms with Gasteiger partial charge in [0.2, 0.25) is 0 Å². The van der Waals surface area contributed by atoms with Gasteiger partial charge < -0.3 is 19.8 Å². The Labute approximate surface area is 180 Å². The minimum absolute atomic E-state index is 0.115. The number of para-hydroxylation sites is 1. The number of furan rings is 1. The minimum Gasteiger partial charge on any atom is -0.459 e. The van der Waals surface area contributed by atoms with Crippen LogP contribution >= 0.6 is 0 Å². The van der Waals surface area contributed by atoms with Crippen molar-refractivity contribution in [1.29, 1.82) is 0 Å². The lowest BCUT2D eigenvalue weighted by Crippen LogP contribution is -2.32. The summed E-state index contributed by atoms with van der Waals surface area (Å²) in [5.74, 6) is -1.50. The van der Waals surface area contributed by atoms with Gasteiger partial charge in [-0.05, 0) is 43.2 Å². The summed E-state index contributed by atoms with van der Waals surface area (Å²) in [6, 6.07) is 17.2. The highest BCUT2D eigenvalue weighted by molar-refractivity contribution is 6.06. The first-order valence-electron chi connectivity index (χ1n) is 9.95. The van der Waals surface area contributed by atoms with Crippen molar-refractivity contribution in [3.63, 3.8) is 0 Å². The highest BCUT2D eigenvalue weighted by Gasteiger charge is 2.19. The van der Waals surface area contributed by atoms with Crippen LogP contribution in [0.1, 0.15) is 51.4 Å². The summed E-state index contributed by atoms with van der Waals surface area (Å²) in [7, 11) is 0. The topological polar surface area (TPSA) is 97.6 Å². The van der Waals surface area contributed by atoms with Gasteiger partial charge in [-0.2, -0.15) is 0 Å². The number of hydrogen-bond acceptors (Lipinski definition) is 5. The Morgan fingerprint density at radius 3 is 2.42 bits per heavy atom. The van der Waals surface area contributed by atoms with E-state index in [4.69, 9.17) is 9.15 Å². The molecule has 1 heterocycles. The van der Waals surface area contributed by atoms with E-state index in [-0.39, 0.29) is 23.1 Å². The third-order valence-corrected chi connectivity index (χ3v) is 4.70. The molecule has 0 bridgehead atoms. The fraction of sp³-hybridized carbons (Fsp3) is 0.208. The van der Waals surface area contributed by atoms with Gasteiger partial charge in [-0.25, -0.2) is 4.79 Å². The van der Waals surface area contributed by atoms with Crippen LogP contribution in [0.3, 0.4) is 0 Å². The molecule has 1 aromatic heterocycles. The van der Waals surface area contributed by atoms with E-state index in [9.17, 15) is 14.4 Å². The van der Waals surface area contributed by atoms with Crippen molar-refractivity contribution in [1.82, 2.24) is 5.32 Å². The van der Waals surface area contributed by atoms with Crippen molar-refractivity contribution in [2.75, 3.05) is 11.9 Å². The number of rotatable bonds is 8. The molecule has 0 spiro atoms. The van der Waals surface area contributed by atoms with Crippen molar-refractivity contribution in [2.45, 2.75) is 26.3 Å². The van der Waals surface area contributed by atoms with Gasteiger partial charge in [0, 0.05) is 0 Å². The lowest BCUT2D eigenvalue weighted by atomic mass is 10.0. The molecule has 7 heteroatoms. The van der Waals surface area contributed by atoms with E-state index in [0.717, 1.165) is 11.1 Å². The molecule has 0 saturated heterocycles. The molecule has 0 fully saturated rings. The molecule has 3 aromatic rings. The third-order valence-electron chi connectivity index (χ3n) is 4.70. The number of carbonyl (C=O) groups excluding carboxylic acids is 3. The molecule has 2 aromatic carbocycles. The Bertz CT molecular complexity index is 1040. The Kier molecular flexibility index (Phi) is 7.22. The Balaban J connectivity index is 1.59. The summed E-state index contributed by atoms with van der Waals surface area (Å²) in [5, 5.41) is 5.49. The van der Waals surface area contributed by atoms with Gasteiger partial charge in [-0.15, -0.1) is 0 Å². The number of esters is 1. The van der Waals surface area contributed by atoms with E-state index >= 15 is 0 Å². The van der Waals surface area contributed by atoms with Crippen molar-refractivity contribution in [3.05, 3.63) is 89.4 Å². The summed E-state index contributed by atoms with van der Waals surface area (Å²) in [6.45, 7) is 3.54. The maximum Gasteiger partial charge on any atom is 0.340 e. The molecule has 160 valence electrons. The first-order valence-corrected chi connectivity index (χ1v) is 9.95. The van der Waals surface area contributed by atoms with Gasteiger partial charge in [-0.3, -0.25) is 9.59 Å². The second kappa shape index (κ2) is 10.2. The first kappa shape index (κ1) is 21.8. The Morgan fingerprint density at radius 2 is 1.74 bits per heavy atom. The number of anilines is 1. The molecule has 3 rings (SSSR count). The number of aryl methyl sites for hydroxylation is 1. The third kappa shape index (κ3) is 5.82. The van der Waals surface area contributed by atoms with Crippen molar-refractivity contribution in [3.8, 4) is 0 Å². The summed E-state index contributed by atoms with van der Waals surface area (Å²) in [4.78, 5) is 37.1. The average Bonchev–Trinajstić information content (AvgIpc) is 3.32. The van der Waals surface area contributed by atoms with Gasteiger partial charge in [0.05, 0.1) is 23.6 Å². The highest BCUT2D eigenvalue weighted by Crippen LogP contribution is 2.19. The standard InChI is InChI=1S/C24H24N2O5/c1-3-19(17-12-10-16(2)11-13-17)25-22(27)15-31-24(29)18-7-4-5-8-20(18)26-23(28)21-9-6-14-30-21/h4-14,19H,3,15H2,1-2H3,(H,25,27)(H,26,28)/t19-/m0/s1. The maximum absolute atomic E-state index is 12.5. The number of carbonyl (C=O) groups is 3. The molecular formula is C24H24N2O5. The summed E-state index contributed by atoms with van der Waals surface area (Å²) >= 11 is 0. The fourth-order valence-corrected chi connectivity index (χ4v) is 3.03. The molecule has 2 N–H and O–H groups in total. The molecular weight excluding hydrogens is 396 g/mol. The molecule has 0 aliphatic rings.